The first-order valence-corrected chi connectivity index (χ1v) is 4.20. The maximum absolute atomic E-state index is 3.74. The van der Waals surface area contributed by atoms with Crippen LogP contribution >= 0.6 is 0 Å². The second-order valence-corrected chi connectivity index (χ2v) is 2.69. The van der Waals surface area contributed by atoms with E-state index in [0.717, 1.165) is 6.42 Å². The summed E-state index contributed by atoms with van der Waals surface area (Å²) in [5.41, 5.74) is 1.39. The maximum atomic E-state index is 3.74. The van der Waals surface area contributed by atoms with Gasteiger partial charge in [0.05, 0.1) is 0 Å². The monoisotopic (exact) mass is 150 g/mol. The quantitative estimate of drug-likeness (QED) is 0.423. The van der Waals surface area contributed by atoms with E-state index < -0.39 is 0 Å². The molecule has 0 aromatic carbocycles. The first kappa shape index (κ1) is 10.2. The predicted octanol–water partition coefficient (Wildman–Crippen LogP) is 3.72. The molecule has 0 heteroatoms. The zero-order valence-corrected chi connectivity index (χ0v) is 7.80. The largest absolute Gasteiger partial charge is 0.102 e. The van der Waals surface area contributed by atoms with Gasteiger partial charge in [0.2, 0.25) is 0 Å². The third kappa shape index (κ3) is 4.60. The van der Waals surface area contributed by atoms with E-state index in [1.54, 1.807) is 0 Å². The van der Waals surface area contributed by atoms with Gasteiger partial charge >= 0.3 is 0 Å². The molecule has 0 saturated heterocycles. The summed E-state index contributed by atoms with van der Waals surface area (Å²) in [6, 6.07) is 0. The van der Waals surface area contributed by atoms with Gasteiger partial charge in [-0.15, -0.1) is 6.58 Å². The number of rotatable bonds is 4. The highest BCUT2D eigenvalue weighted by molar-refractivity contribution is 5.19. The summed E-state index contributed by atoms with van der Waals surface area (Å²) < 4.78 is 0. The Morgan fingerprint density at radius 3 is 2.55 bits per heavy atom. The molecule has 0 heterocycles. The first-order valence-electron chi connectivity index (χ1n) is 4.20. The minimum atomic E-state index is 0.487. The van der Waals surface area contributed by atoms with Crippen molar-refractivity contribution >= 4 is 0 Å². The van der Waals surface area contributed by atoms with Gasteiger partial charge in [-0.3, -0.25) is 0 Å². The molecule has 0 aliphatic heterocycles. The van der Waals surface area contributed by atoms with E-state index in [1.165, 1.54) is 5.57 Å². The molecular weight excluding hydrogens is 132 g/mol. The predicted molar refractivity (Wildman–Crippen MR) is 52.5 cm³/mol. The molecule has 0 aromatic heterocycles. The fourth-order valence-electron chi connectivity index (χ4n) is 0.911. The van der Waals surface area contributed by atoms with Crippen molar-refractivity contribution in [2.24, 2.45) is 5.92 Å². The standard InChI is InChI=1S/C11H18/c1-5-8-11(7-3)9-10(4)6-2/h5-6,8-10H,2,7H2,1,3-4H3. The van der Waals surface area contributed by atoms with Crippen molar-refractivity contribution in [2.75, 3.05) is 0 Å². The van der Waals surface area contributed by atoms with E-state index in [9.17, 15) is 0 Å². The van der Waals surface area contributed by atoms with E-state index in [1.807, 2.05) is 13.0 Å². The van der Waals surface area contributed by atoms with E-state index in [2.05, 4.69) is 38.7 Å². The van der Waals surface area contributed by atoms with Crippen LogP contribution < -0.4 is 0 Å². The molecule has 1 unspecified atom stereocenters. The van der Waals surface area contributed by atoms with Crippen molar-refractivity contribution in [2.45, 2.75) is 27.2 Å². The molecule has 11 heavy (non-hydrogen) atoms. The second-order valence-electron chi connectivity index (χ2n) is 2.69. The zero-order valence-electron chi connectivity index (χ0n) is 7.80. The van der Waals surface area contributed by atoms with Gasteiger partial charge < -0.3 is 0 Å². The Bertz CT molecular complexity index is 161. The lowest BCUT2D eigenvalue weighted by Crippen LogP contribution is -1.84. The van der Waals surface area contributed by atoms with E-state index in [4.69, 9.17) is 0 Å². The molecule has 0 aromatic rings. The lowest BCUT2D eigenvalue weighted by Gasteiger charge is -2.00. The molecule has 0 rings (SSSR count). The minimum absolute atomic E-state index is 0.487. The second kappa shape index (κ2) is 5.96. The van der Waals surface area contributed by atoms with Crippen molar-refractivity contribution in [1.29, 1.82) is 0 Å². The third-order valence-electron chi connectivity index (χ3n) is 1.64. The molecular formula is C11H18. The van der Waals surface area contributed by atoms with Gasteiger partial charge in [-0.25, -0.2) is 0 Å². The van der Waals surface area contributed by atoms with Crippen LogP contribution in [0, 0.1) is 5.92 Å². The third-order valence-corrected chi connectivity index (χ3v) is 1.64. The van der Waals surface area contributed by atoms with E-state index in [0.29, 0.717) is 5.92 Å². The minimum Gasteiger partial charge on any atom is -0.102 e. The van der Waals surface area contributed by atoms with Crippen molar-refractivity contribution in [3.05, 3.63) is 36.5 Å². The van der Waals surface area contributed by atoms with Crippen LogP contribution in [0.25, 0.3) is 0 Å². The Kier molecular flexibility index (Phi) is 5.54. The topological polar surface area (TPSA) is 0 Å². The molecule has 0 spiro atoms. The van der Waals surface area contributed by atoms with Crippen LogP contribution in [0.3, 0.4) is 0 Å². The molecule has 0 N–H and O–H groups in total. The Morgan fingerprint density at radius 1 is 1.55 bits per heavy atom. The molecule has 0 amide bonds. The molecule has 0 fully saturated rings. The van der Waals surface area contributed by atoms with Crippen LogP contribution in [-0.4, -0.2) is 0 Å². The van der Waals surface area contributed by atoms with Gasteiger partial charge in [-0.05, 0) is 19.3 Å². The van der Waals surface area contributed by atoms with Crippen molar-refractivity contribution in [3.8, 4) is 0 Å². The maximum Gasteiger partial charge on any atom is -0.00787 e. The van der Waals surface area contributed by atoms with Crippen LogP contribution in [0.5, 0.6) is 0 Å². The fraction of sp³-hybridized carbons (Fsp3) is 0.455. The van der Waals surface area contributed by atoms with Gasteiger partial charge in [0, 0.05) is 0 Å². The van der Waals surface area contributed by atoms with Gasteiger partial charge in [0.25, 0.3) is 0 Å². The summed E-state index contributed by atoms with van der Waals surface area (Å²) in [7, 11) is 0. The summed E-state index contributed by atoms with van der Waals surface area (Å²) in [5, 5.41) is 0. The molecule has 0 nitrogen and oxygen atoms in total. The Hall–Kier alpha value is -0.780. The average Bonchev–Trinajstić information content (AvgIpc) is 2.03. The number of hydrogen-bond donors (Lipinski definition) is 0. The van der Waals surface area contributed by atoms with Crippen molar-refractivity contribution in [3.63, 3.8) is 0 Å². The number of allylic oxidation sites excluding steroid dienone is 5. The van der Waals surface area contributed by atoms with Crippen LogP contribution in [-0.2, 0) is 0 Å². The molecule has 0 saturated carbocycles. The molecule has 62 valence electrons. The smallest absolute Gasteiger partial charge is 0.00787 e. The zero-order chi connectivity index (χ0) is 8.69. The summed E-state index contributed by atoms with van der Waals surface area (Å²) in [4.78, 5) is 0. The Morgan fingerprint density at radius 2 is 2.18 bits per heavy atom. The normalized spacial score (nSPS) is 15.4. The first-order chi connectivity index (χ1) is 5.24. The average molecular weight is 150 g/mol. The van der Waals surface area contributed by atoms with Gasteiger partial charge in [0.15, 0.2) is 0 Å². The molecule has 1 atom stereocenters. The van der Waals surface area contributed by atoms with Crippen LogP contribution in [0.1, 0.15) is 27.2 Å². The lowest BCUT2D eigenvalue weighted by atomic mass is 10.1. The van der Waals surface area contributed by atoms with Crippen LogP contribution in [0.4, 0.5) is 0 Å². The summed E-state index contributed by atoms with van der Waals surface area (Å²) in [5.74, 6) is 0.487. The summed E-state index contributed by atoms with van der Waals surface area (Å²) in [6.45, 7) is 10.1. The van der Waals surface area contributed by atoms with Gasteiger partial charge in [-0.2, -0.15) is 0 Å². The molecule has 0 radical (unpaired) electrons. The highest BCUT2D eigenvalue weighted by atomic mass is 14.0. The van der Waals surface area contributed by atoms with Gasteiger partial charge in [0.1, 0.15) is 0 Å². The Labute approximate surface area is 70.3 Å². The highest BCUT2D eigenvalue weighted by Crippen LogP contribution is 2.08. The SMILES string of the molecule is C=CC(C)C=C(C=CC)CC. The summed E-state index contributed by atoms with van der Waals surface area (Å²) in [6.07, 6.45) is 9.53. The van der Waals surface area contributed by atoms with Gasteiger partial charge in [-0.1, -0.05) is 43.7 Å². The Balaban J connectivity index is 4.21. The van der Waals surface area contributed by atoms with E-state index >= 15 is 0 Å². The summed E-state index contributed by atoms with van der Waals surface area (Å²) >= 11 is 0. The highest BCUT2D eigenvalue weighted by Gasteiger charge is 1.91. The molecule has 0 aliphatic rings. The van der Waals surface area contributed by atoms with Crippen LogP contribution in [0.2, 0.25) is 0 Å². The number of hydrogen-bond acceptors (Lipinski definition) is 0. The van der Waals surface area contributed by atoms with Crippen molar-refractivity contribution < 1.29 is 0 Å². The van der Waals surface area contributed by atoms with Crippen molar-refractivity contribution in [1.82, 2.24) is 0 Å². The molecule has 0 bridgehead atoms. The lowest BCUT2D eigenvalue weighted by molar-refractivity contribution is 0.920. The fourth-order valence-corrected chi connectivity index (χ4v) is 0.911. The van der Waals surface area contributed by atoms with Crippen LogP contribution in [0.15, 0.2) is 36.5 Å². The molecule has 0 aliphatic carbocycles. The van der Waals surface area contributed by atoms with E-state index in [-0.39, 0.29) is 0 Å².